The van der Waals surface area contributed by atoms with Gasteiger partial charge < -0.3 is 9.64 Å². The quantitative estimate of drug-likeness (QED) is 0.875. The fraction of sp³-hybridized carbons (Fsp3) is 0.267. The molecule has 1 saturated heterocycles. The minimum Gasteiger partial charge on any atom is -0.378 e. The van der Waals surface area contributed by atoms with Crippen molar-refractivity contribution in [3.8, 4) is 0 Å². The summed E-state index contributed by atoms with van der Waals surface area (Å²) in [6, 6.07) is 7.91. The highest BCUT2D eigenvalue weighted by molar-refractivity contribution is 7.92. The van der Waals surface area contributed by atoms with Gasteiger partial charge in [0, 0.05) is 25.5 Å². The maximum Gasteiger partial charge on any atom is 0.264 e. The number of rotatable bonds is 4. The van der Waals surface area contributed by atoms with Crippen molar-refractivity contribution in [2.45, 2.75) is 4.90 Å². The van der Waals surface area contributed by atoms with E-state index in [9.17, 15) is 13.2 Å². The van der Waals surface area contributed by atoms with Crippen molar-refractivity contribution in [1.82, 2.24) is 14.9 Å². The van der Waals surface area contributed by atoms with Crippen molar-refractivity contribution >= 4 is 21.9 Å². The summed E-state index contributed by atoms with van der Waals surface area (Å²) in [5.41, 5.74) is 0.305. The molecule has 3 rings (SSSR count). The minimum atomic E-state index is -3.75. The molecule has 0 unspecified atom stereocenters. The van der Waals surface area contributed by atoms with Crippen LogP contribution in [0.1, 0.15) is 10.4 Å². The van der Waals surface area contributed by atoms with Crippen LogP contribution in [0.4, 0.5) is 5.95 Å². The number of ether oxygens (including phenoxy) is 1. The molecule has 2 aromatic rings. The van der Waals surface area contributed by atoms with E-state index in [-0.39, 0.29) is 16.8 Å². The van der Waals surface area contributed by atoms with Gasteiger partial charge in [-0.3, -0.25) is 4.79 Å². The molecule has 126 valence electrons. The molecule has 2 heterocycles. The van der Waals surface area contributed by atoms with Gasteiger partial charge in [0.2, 0.25) is 5.95 Å². The number of benzene rings is 1. The van der Waals surface area contributed by atoms with Gasteiger partial charge in [-0.15, -0.1) is 0 Å². The van der Waals surface area contributed by atoms with E-state index >= 15 is 0 Å². The monoisotopic (exact) mass is 348 g/mol. The number of hydrogen-bond acceptors (Lipinski definition) is 6. The van der Waals surface area contributed by atoms with E-state index in [2.05, 4.69) is 14.7 Å². The van der Waals surface area contributed by atoms with Gasteiger partial charge in [-0.25, -0.2) is 23.1 Å². The number of nitrogens with one attached hydrogen (secondary N) is 1. The van der Waals surface area contributed by atoms with Crippen molar-refractivity contribution in [1.29, 1.82) is 0 Å². The summed E-state index contributed by atoms with van der Waals surface area (Å²) in [7, 11) is -3.75. The fourth-order valence-corrected chi connectivity index (χ4v) is 3.20. The zero-order valence-corrected chi connectivity index (χ0v) is 13.6. The van der Waals surface area contributed by atoms with E-state index in [1.54, 1.807) is 23.1 Å². The summed E-state index contributed by atoms with van der Waals surface area (Å²) in [6.45, 7) is 2.03. The number of anilines is 1. The smallest absolute Gasteiger partial charge is 0.264 e. The molecular formula is C15H16N4O4S. The second-order valence-corrected chi connectivity index (χ2v) is 6.80. The molecule has 24 heavy (non-hydrogen) atoms. The average Bonchev–Trinajstić information content (AvgIpc) is 2.63. The van der Waals surface area contributed by atoms with Crippen LogP contribution in [0, 0.1) is 0 Å². The molecule has 1 aromatic heterocycles. The van der Waals surface area contributed by atoms with Crippen LogP contribution in [-0.2, 0) is 14.8 Å². The van der Waals surface area contributed by atoms with Gasteiger partial charge in [0.15, 0.2) is 0 Å². The first-order valence-corrected chi connectivity index (χ1v) is 8.81. The van der Waals surface area contributed by atoms with E-state index < -0.39 is 10.0 Å². The van der Waals surface area contributed by atoms with Gasteiger partial charge in [-0.2, -0.15) is 0 Å². The lowest BCUT2D eigenvalue weighted by Crippen LogP contribution is -2.40. The van der Waals surface area contributed by atoms with Gasteiger partial charge in [0.1, 0.15) is 0 Å². The lowest BCUT2D eigenvalue weighted by molar-refractivity contribution is 0.0302. The summed E-state index contributed by atoms with van der Waals surface area (Å²) in [5.74, 6) is -0.284. The predicted molar refractivity (Wildman–Crippen MR) is 86.0 cm³/mol. The van der Waals surface area contributed by atoms with Crippen LogP contribution in [0.5, 0.6) is 0 Å². The second-order valence-electron chi connectivity index (χ2n) is 5.12. The van der Waals surface area contributed by atoms with Crippen LogP contribution in [0.25, 0.3) is 0 Å². The molecule has 0 bridgehead atoms. The molecule has 8 nitrogen and oxygen atoms in total. The first-order chi connectivity index (χ1) is 11.6. The number of sulfonamides is 1. The van der Waals surface area contributed by atoms with Crippen molar-refractivity contribution < 1.29 is 17.9 Å². The summed E-state index contributed by atoms with van der Waals surface area (Å²) >= 11 is 0. The number of morpholine rings is 1. The third-order valence-electron chi connectivity index (χ3n) is 3.48. The van der Waals surface area contributed by atoms with E-state index in [4.69, 9.17) is 4.74 Å². The number of amides is 1. The minimum absolute atomic E-state index is 0.0858. The molecule has 9 heteroatoms. The molecule has 0 saturated carbocycles. The maximum atomic E-state index is 12.3. The molecule has 1 amide bonds. The van der Waals surface area contributed by atoms with Crippen LogP contribution in [0.3, 0.4) is 0 Å². The Kier molecular flexibility index (Phi) is 4.72. The van der Waals surface area contributed by atoms with Crippen molar-refractivity contribution in [2.75, 3.05) is 31.0 Å². The Hall–Kier alpha value is -2.52. The van der Waals surface area contributed by atoms with E-state index in [1.165, 1.54) is 24.5 Å². The molecule has 1 aromatic carbocycles. The van der Waals surface area contributed by atoms with Gasteiger partial charge >= 0.3 is 0 Å². The van der Waals surface area contributed by atoms with Gasteiger partial charge in [-0.05, 0) is 12.1 Å². The molecule has 0 radical (unpaired) electrons. The molecule has 1 aliphatic heterocycles. The highest BCUT2D eigenvalue weighted by atomic mass is 32.2. The maximum absolute atomic E-state index is 12.3. The lowest BCUT2D eigenvalue weighted by Gasteiger charge is -2.26. The fourth-order valence-electron chi connectivity index (χ4n) is 2.22. The van der Waals surface area contributed by atoms with Crippen molar-refractivity contribution in [3.05, 3.63) is 48.3 Å². The third-order valence-corrected chi connectivity index (χ3v) is 4.82. The normalized spacial score (nSPS) is 15.1. The molecule has 0 spiro atoms. The van der Waals surface area contributed by atoms with Crippen LogP contribution >= 0.6 is 0 Å². The van der Waals surface area contributed by atoms with E-state index in [0.29, 0.717) is 31.9 Å². The van der Waals surface area contributed by atoms with Crippen LogP contribution < -0.4 is 4.72 Å². The Bertz CT molecular complexity index is 803. The zero-order valence-electron chi connectivity index (χ0n) is 12.8. The second kappa shape index (κ2) is 6.93. The molecule has 0 aliphatic carbocycles. The van der Waals surface area contributed by atoms with E-state index in [0.717, 1.165) is 0 Å². The Morgan fingerprint density at radius 3 is 2.33 bits per heavy atom. The first-order valence-electron chi connectivity index (χ1n) is 7.33. The first kappa shape index (κ1) is 16.3. The summed E-state index contributed by atoms with van der Waals surface area (Å²) in [6.07, 6.45) is 2.63. The van der Waals surface area contributed by atoms with Gasteiger partial charge in [0.05, 0.1) is 23.7 Å². The Morgan fingerprint density at radius 1 is 1.08 bits per heavy atom. The number of hydrogen-bond donors (Lipinski definition) is 1. The van der Waals surface area contributed by atoms with Gasteiger partial charge in [-0.1, -0.05) is 18.2 Å². The van der Waals surface area contributed by atoms with Crippen LogP contribution in [0.2, 0.25) is 0 Å². The van der Waals surface area contributed by atoms with Crippen LogP contribution in [0.15, 0.2) is 47.6 Å². The predicted octanol–water partition coefficient (Wildman–Crippen LogP) is 0.750. The molecule has 1 fully saturated rings. The highest BCUT2D eigenvalue weighted by Gasteiger charge is 2.20. The van der Waals surface area contributed by atoms with E-state index in [1.807, 2.05) is 0 Å². The molecular weight excluding hydrogens is 332 g/mol. The lowest BCUT2D eigenvalue weighted by atomic mass is 10.3. The number of nitrogens with zero attached hydrogens (tertiary/aromatic N) is 3. The number of carbonyl (C=O) groups excluding carboxylic acids is 1. The zero-order chi connectivity index (χ0) is 17.0. The third kappa shape index (κ3) is 3.69. The number of carbonyl (C=O) groups is 1. The Labute approximate surface area is 139 Å². The van der Waals surface area contributed by atoms with Crippen molar-refractivity contribution in [2.24, 2.45) is 0 Å². The SMILES string of the molecule is O=C(c1cnc(NS(=O)(=O)c2ccccc2)nc1)N1CCOCC1. The summed E-state index contributed by atoms with van der Waals surface area (Å²) in [5, 5.41) is 0. The summed E-state index contributed by atoms with van der Waals surface area (Å²) < 4.78 is 31.9. The standard InChI is InChI=1S/C15H16N4O4S/c20-14(19-6-8-23-9-7-19)12-10-16-15(17-11-12)18-24(21,22)13-4-2-1-3-5-13/h1-5,10-11H,6-9H2,(H,16,17,18). The van der Waals surface area contributed by atoms with Crippen LogP contribution in [-0.4, -0.2) is 55.5 Å². The largest absolute Gasteiger partial charge is 0.378 e. The Balaban J connectivity index is 1.72. The van der Waals surface area contributed by atoms with Crippen molar-refractivity contribution in [3.63, 3.8) is 0 Å². The molecule has 1 aliphatic rings. The average molecular weight is 348 g/mol. The highest BCUT2D eigenvalue weighted by Crippen LogP contribution is 2.13. The molecule has 1 N–H and O–H groups in total. The molecule has 0 atom stereocenters. The number of aromatic nitrogens is 2. The topological polar surface area (TPSA) is 101 Å². The van der Waals surface area contributed by atoms with Gasteiger partial charge in [0.25, 0.3) is 15.9 Å². The Morgan fingerprint density at radius 2 is 1.71 bits per heavy atom. The summed E-state index contributed by atoms with van der Waals surface area (Å²) in [4.78, 5) is 21.9.